The van der Waals surface area contributed by atoms with Crippen molar-refractivity contribution in [1.29, 1.82) is 0 Å². The molecule has 2 rings (SSSR count). The Hall–Kier alpha value is -0.920. The van der Waals surface area contributed by atoms with Crippen molar-refractivity contribution in [3.63, 3.8) is 0 Å². The van der Waals surface area contributed by atoms with Crippen molar-refractivity contribution in [1.82, 2.24) is 14.5 Å². The molecule has 1 aliphatic carbocycles. The van der Waals surface area contributed by atoms with Gasteiger partial charge in [0.25, 0.3) is 0 Å². The smallest absolute Gasteiger partial charge is 0.244 e. The summed E-state index contributed by atoms with van der Waals surface area (Å²) in [4.78, 5) is 0.310. The van der Waals surface area contributed by atoms with Crippen LogP contribution in [0.5, 0.6) is 0 Å². The first-order valence-corrected chi connectivity index (χ1v) is 9.05. The molecule has 0 aliphatic heterocycles. The molecule has 120 valence electrons. The summed E-state index contributed by atoms with van der Waals surface area (Å²) in [6.45, 7) is 4.61. The highest BCUT2D eigenvalue weighted by Crippen LogP contribution is 2.29. The van der Waals surface area contributed by atoms with Crippen LogP contribution >= 0.6 is 0 Å². The highest BCUT2D eigenvalue weighted by molar-refractivity contribution is 7.89. The Morgan fingerprint density at radius 1 is 1.29 bits per heavy atom. The molecule has 1 saturated carbocycles. The molecule has 0 saturated heterocycles. The maximum absolute atomic E-state index is 12.5. The molecule has 1 aromatic heterocycles. The first-order valence-electron chi connectivity index (χ1n) is 7.56. The standard InChI is InChI=1S/C14H26N4O2S/c1-10-14(11(2)18(3)17-10)21(19,20)16-9-13-7-5-4-6-12(13)8-15/h12-13,16H,4-9,15H2,1-3H3. The number of nitrogens with one attached hydrogen (secondary N) is 1. The first-order chi connectivity index (χ1) is 9.86. The molecule has 1 fully saturated rings. The van der Waals surface area contributed by atoms with Crippen LogP contribution in [0, 0.1) is 25.7 Å². The quantitative estimate of drug-likeness (QED) is 0.851. The van der Waals surface area contributed by atoms with Gasteiger partial charge in [-0.05, 0) is 45.1 Å². The third-order valence-electron chi connectivity index (χ3n) is 4.62. The topological polar surface area (TPSA) is 90.0 Å². The van der Waals surface area contributed by atoms with Crippen LogP contribution in [0.25, 0.3) is 0 Å². The molecular formula is C14H26N4O2S. The molecule has 0 aromatic carbocycles. The average molecular weight is 314 g/mol. The number of hydrogen-bond donors (Lipinski definition) is 2. The van der Waals surface area contributed by atoms with Gasteiger partial charge in [0.1, 0.15) is 4.90 Å². The zero-order valence-corrected chi connectivity index (χ0v) is 13.9. The van der Waals surface area contributed by atoms with Crippen molar-refractivity contribution in [2.24, 2.45) is 24.6 Å². The number of aryl methyl sites for hydroxylation is 2. The maximum Gasteiger partial charge on any atom is 0.244 e. The van der Waals surface area contributed by atoms with Crippen LogP contribution in [0.2, 0.25) is 0 Å². The van der Waals surface area contributed by atoms with Gasteiger partial charge in [-0.25, -0.2) is 13.1 Å². The van der Waals surface area contributed by atoms with Crippen molar-refractivity contribution in [2.75, 3.05) is 13.1 Å². The Balaban J connectivity index is 2.11. The zero-order chi connectivity index (χ0) is 15.6. The third kappa shape index (κ3) is 3.46. The van der Waals surface area contributed by atoms with Crippen molar-refractivity contribution >= 4 is 10.0 Å². The fourth-order valence-electron chi connectivity index (χ4n) is 3.30. The lowest BCUT2D eigenvalue weighted by molar-refractivity contribution is 0.244. The van der Waals surface area contributed by atoms with E-state index in [1.165, 1.54) is 6.42 Å². The van der Waals surface area contributed by atoms with Crippen LogP contribution in [-0.4, -0.2) is 31.3 Å². The van der Waals surface area contributed by atoms with E-state index < -0.39 is 10.0 Å². The Morgan fingerprint density at radius 2 is 1.90 bits per heavy atom. The SMILES string of the molecule is Cc1nn(C)c(C)c1S(=O)(=O)NCC1CCCCC1CN. The fourth-order valence-corrected chi connectivity index (χ4v) is 4.82. The lowest BCUT2D eigenvalue weighted by atomic mass is 9.79. The Kier molecular flexibility index (Phi) is 5.06. The largest absolute Gasteiger partial charge is 0.330 e. The van der Waals surface area contributed by atoms with E-state index in [1.807, 2.05) is 0 Å². The summed E-state index contributed by atoms with van der Waals surface area (Å²) in [5.41, 5.74) is 7.01. The fraction of sp³-hybridized carbons (Fsp3) is 0.786. The van der Waals surface area contributed by atoms with Gasteiger partial charge in [0.15, 0.2) is 0 Å². The molecule has 0 spiro atoms. The lowest BCUT2D eigenvalue weighted by Crippen LogP contribution is -2.37. The summed E-state index contributed by atoms with van der Waals surface area (Å²) < 4.78 is 29.4. The molecule has 1 aromatic rings. The summed E-state index contributed by atoms with van der Waals surface area (Å²) in [7, 11) is -1.75. The van der Waals surface area contributed by atoms with Gasteiger partial charge in [-0.1, -0.05) is 12.8 Å². The van der Waals surface area contributed by atoms with E-state index in [4.69, 9.17) is 5.73 Å². The van der Waals surface area contributed by atoms with Gasteiger partial charge in [-0.2, -0.15) is 5.10 Å². The van der Waals surface area contributed by atoms with Crippen LogP contribution in [0.1, 0.15) is 37.1 Å². The number of nitrogens with zero attached hydrogens (tertiary/aromatic N) is 2. The molecule has 0 amide bonds. The second-order valence-electron chi connectivity index (χ2n) is 6.02. The normalized spacial score (nSPS) is 23.4. The minimum absolute atomic E-state index is 0.310. The van der Waals surface area contributed by atoms with E-state index in [-0.39, 0.29) is 0 Å². The zero-order valence-electron chi connectivity index (χ0n) is 13.1. The van der Waals surface area contributed by atoms with Crippen molar-refractivity contribution in [3.8, 4) is 0 Å². The molecule has 1 heterocycles. The summed E-state index contributed by atoms with van der Waals surface area (Å²) in [5.74, 6) is 0.772. The average Bonchev–Trinajstić information content (AvgIpc) is 2.70. The highest BCUT2D eigenvalue weighted by Gasteiger charge is 2.28. The molecule has 21 heavy (non-hydrogen) atoms. The summed E-state index contributed by atoms with van der Waals surface area (Å²) in [5, 5.41) is 4.18. The van der Waals surface area contributed by atoms with Crippen LogP contribution < -0.4 is 10.5 Å². The molecule has 3 N–H and O–H groups in total. The second-order valence-corrected chi connectivity index (χ2v) is 7.72. The van der Waals surface area contributed by atoms with Crippen LogP contribution in [0.4, 0.5) is 0 Å². The van der Waals surface area contributed by atoms with E-state index >= 15 is 0 Å². The number of sulfonamides is 1. The van der Waals surface area contributed by atoms with Crippen LogP contribution in [0.3, 0.4) is 0 Å². The minimum atomic E-state index is -3.51. The Bertz CT molecular complexity index is 594. The lowest BCUT2D eigenvalue weighted by Gasteiger charge is -2.30. The van der Waals surface area contributed by atoms with E-state index in [1.54, 1.807) is 25.6 Å². The molecule has 0 radical (unpaired) electrons. The van der Waals surface area contributed by atoms with Crippen molar-refractivity contribution in [2.45, 2.75) is 44.4 Å². The minimum Gasteiger partial charge on any atom is -0.330 e. The third-order valence-corrected chi connectivity index (χ3v) is 6.29. The monoisotopic (exact) mass is 314 g/mol. The van der Waals surface area contributed by atoms with Crippen LogP contribution in [-0.2, 0) is 17.1 Å². The van der Waals surface area contributed by atoms with E-state index in [2.05, 4.69) is 9.82 Å². The molecule has 2 atom stereocenters. The molecular weight excluding hydrogens is 288 g/mol. The summed E-state index contributed by atoms with van der Waals surface area (Å²) in [6, 6.07) is 0. The molecule has 0 bridgehead atoms. The first kappa shape index (κ1) is 16.5. The van der Waals surface area contributed by atoms with Gasteiger partial charge >= 0.3 is 0 Å². The predicted octanol–water partition coefficient (Wildman–Crippen LogP) is 1.08. The van der Waals surface area contributed by atoms with E-state index in [0.717, 1.165) is 19.3 Å². The van der Waals surface area contributed by atoms with E-state index in [9.17, 15) is 8.42 Å². The summed E-state index contributed by atoms with van der Waals surface area (Å²) >= 11 is 0. The number of nitrogens with two attached hydrogens (primary N) is 1. The van der Waals surface area contributed by atoms with Gasteiger partial charge in [-0.3, -0.25) is 4.68 Å². The molecule has 6 nitrogen and oxygen atoms in total. The van der Waals surface area contributed by atoms with Crippen LogP contribution in [0.15, 0.2) is 4.90 Å². The highest BCUT2D eigenvalue weighted by atomic mass is 32.2. The molecule has 2 unspecified atom stereocenters. The number of aromatic nitrogens is 2. The predicted molar refractivity (Wildman–Crippen MR) is 82.4 cm³/mol. The van der Waals surface area contributed by atoms with Gasteiger partial charge in [0.2, 0.25) is 10.0 Å². The summed E-state index contributed by atoms with van der Waals surface area (Å²) in [6.07, 6.45) is 4.52. The van der Waals surface area contributed by atoms with E-state index in [0.29, 0.717) is 41.2 Å². The van der Waals surface area contributed by atoms with Crippen molar-refractivity contribution < 1.29 is 8.42 Å². The van der Waals surface area contributed by atoms with Gasteiger partial charge in [0.05, 0.1) is 11.4 Å². The maximum atomic E-state index is 12.5. The Labute approximate surface area is 127 Å². The van der Waals surface area contributed by atoms with Gasteiger partial charge in [0, 0.05) is 13.6 Å². The van der Waals surface area contributed by atoms with Crippen molar-refractivity contribution in [3.05, 3.63) is 11.4 Å². The van der Waals surface area contributed by atoms with Gasteiger partial charge in [-0.15, -0.1) is 0 Å². The molecule has 7 heteroatoms. The number of hydrogen-bond acceptors (Lipinski definition) is 4. The van der Waals surface area contributed by atoms with Gasteiger partial charge < -0.3 is 5.73 Å². The Morgan fingerprint density at radius 3 is 2.43 bits per heavy atom. The second kappa shape index (κ2) is 6.46. The number of rotatable bonds is 5. The molecule has 1 aliphatic rings.